The lowest BCUT2D eigenvalue weighted by molar-refractivity contribution is 0.145. The Kier molecular flexibility index (Phi) is 5.46. The number of hydrogen-bond acceptors (Lipinski definition) is 5. The zero-order valence-electron chi connectivity index (χ0n) is 14.9. The van der Waals surface area contributed by atoms with Crippen LogP contribution in [-0.4, -0.2) is 37.5 Å². The highest BCUT2D eigenvalue weighted by Crippen LogP contribution is 2.33. The van der Waals surface area contributed by atoms with Gasteiger partial charge in [0.2, 0.25) is 0 Å². The second-order valence-electron chi connectivity index (χ2n) is 6.58. The van der Waals surface area contributed by atoms with Crippen LogP contribution in [0.5, 0.6) is 0 Å². The Balaban J connectivity index is 2.15. The van der Waals surface area contributed by atoms with E-state index in [4.69, 9.17) is 0 Å². The first-order valence-electron chi connectivity index (χ1n) is 8.69. The first-order valence-corrected chi connectivity index (χ1v) is 10.6. The van der Waals surface area contributed by atoms with Crippen molar-refractivity contribution < 1.29 is 17.2 Å². The summed E-state index contributed by atoms with van der Waals surface area (Å²) >= 11 is 0. The Hall–Kier alpha value is -2.47. The smallest absolute Gasteiger partial charge is 0.283 e. The van der Waals surface area contributed by atoms with Gasteiger partial charge in [0.1, 0.15) is 17.3 Å². The van der Waals surface area contributed by atoms with Gasteiger partial charge in [-0.3, -0.25) is 0 Å². The Morgan fingerprint density at radius 1 is 1.11 bits per heavy atom. The van der Waals surface area contributed by atoms with Crippen LogP contribution in [-0.2, 0) is 9.84 Å². The van der Waals surface area contributed by atoms with Crippen LogP contribution >= 0.6 is 0 Å². The maximum absolute atomic E-state index is 13.5. The predicted octanol–water partition coefficient (Wildman–Crippen LogP) is 3.47. The molecule has 0 unspecified atom stereocenters. The average molecular weight is 394 g/mol. The van der Waals surface area contributed by atoms with Gasteiger partial charge in [-0.2, -0.15) is 10.4 Å². The summed E-state index contributed by atoms with van der Waals surface area (Å²) in [5.74, 6) is 0.349. The number of sulfone groups is 1. The van der Waals surface area contributed by atoms with E-state index in [-0.39, 0.29) is 10.5 Å². The van der Waals surface area contributed by atoms with Gasteiger partial charge < -0.3 is 4.90 Å². The van der Waals surface area contributed by atoms with Crippen LogP contribution < -0.4 is 4.90 Å². The minimum Gasteiger partial charge on any atom is -0.355 e. The van der Waals surface area contributed by atoms with E-state index in [9.17, 15) is 22.5 Å². The largest absolute Gasteiger partial charge is 0.355 e. The van der Waals surface area contributed by atoms with Gasteiger partial charge in [-0.15, -0.1) is 0 Å². The molecule has 0 amide bonds. The van der Waals surface area contributed by atoms with E-state index in [1.54, 1.807) is 0 Å². The fourth-order valence-corrected chi connectivity index (χ4v) is 3.91. The van der Waals surface area contributed by atoms with E-state index in [1.165, 1.54) is 28.9 Å². The zero-order chi connectivity index (χ0) is 19.6. The van der Waals surface area contributed by atoms with Crippen LogP contribution in [0.15, 0.2) is 29.2 Å². The molecule has 0 bridgehead atoms. The molecule has 0 saturated carbocycles. The van der Waals surface area contributed by atoms with Crippen molar-refractivity contribution in [2.24, 2.45) is 0 Å². The van der Waals surface area contributed by atoms with Gasteiger partial charge in [-0.25, -0.2) is 21.9 Å². The number of halogens is 2. The lowest BCUT2D eigenvalue weighted by Gasteiger charge is -2.23. The highest BCUT2D eigenvalue weighted by atomic mass is 32.2. The predicted molar refractivity (Wildman–Crippen MR) is 97.0 cm³/mol. The molecule has 3 rings (SSSR count). The lowest BCUT2D eigenvalue weighted by Crippen LogP contribution is -2.27. The fraction of sp³-hybridized carbons (Fsp3) is 0.444. The summed E-state index contributed by atoms with van der Waals surface area (Å²) < 4.78 is 51.6. The lowest BCUT2D eigenvalue weighted by atomic mass is 10.2. The second kappa shape index (κ2) is 7.64. The number of anilines is 1. The van der Waals surface area contributed by atoms with Crippen LogP contribution in [0.1, 0.15) is 43.4 Å². The van der Waals surface area contributed by atoms with E-state index < -0.39 is 22.0 Å². The van der Waals surface area contributed by atoms with Crippen molar-refractivity contribution in [1.82, 2.24) is 9.78 Å². The van der Waals surface area contributed by atoms with Gasteiger partial charge in [0, 0.05) is 19.3 Å². The van der Waals surface area contributed by atoms with Crippen molar-refractivity contribution in [3.05, 3.63) is 35.5 Å². The molecule has 1 aromatic heterocycles. The van der Waals surface area contributed by atoms with Crippen LogP contribution in [0.3, 0.4) is 0 Å². The van der Waals surface area contributed by atoms with Gasteiger partial charge in [0.05, 0.1) is 10.6 Å². The summed E-state index contributed by atoms with van der Waals surface area (Å²) in [7, 11) is -3.37. The SMILES string of the molecule is CS(=O)(=O)c1ccc(-n2nc(C(F)F)c(C#N)c2N2CCCCCC2)cc1. The van der Waals surface area contributed by atoms with Crippen LogP contribution in [0.25, 0.3) is 5.69 Å². The topological polar surface area (TPSA) is 79.0 Å². The number of aromatic nitrogens is 2. The third kappa shape index (κ3) is 3.95. The van der Waals surface area contributed by atoms with Gasteiger partial charge in [0.25, 0.3) is 6.43 Å². The summed E-state index contributed by atoms with van der Waals surface area (Å²) in [6, 6.07) is 7.74. The van der Waals surface area contributed by atoms with E-state index in [2.05, 4.69) is 5.10 Å². The van der Waals surface area contributed by atoms with Crippen LogP contribution in [0.2, 0.25) is 0 Å². The number of nitrogens with zero attached hydrogens (tertiary/aromatic N) is 4. The summed E-state index contributed by atoms with van der Waals surface area (Å²) in [6.07, 6.45) is 2.15. The van der Waals surface area contributed by atoms with Crippen molar-refractivity contribution in [2.75, 3.05) is 24.2 Å². The van der Waals surface area contributed by atoms with Crippen LogP contribution in [0, 0.1) is 11.3 Å². The Labute approximate surface area is 156 Å². The summed E-state index contributed by atoms with van der Waals surface area (Å²) in [5.41, 5.74) is -0.243. The molecule has 0 atom stereocenters. The highest BCUT2D eigenvalue weighted by molar-refractivity contribution is 7.90. The van der Waals surface area contributed by atoms with Crippen molar-refractivity contribution in [3.8, 4) is 11.8 Å². The van der Waals surface area contributed by atoms with Crippen molar-refractivity contribution in [1.29, 1.82) is 5.26 Å². The molecule has 2 heterocycles. The van der Waals surface area contributed by atoms with Crippen LogP contribution in [0.4, 0.5) is 14.6 Å². The van der Waals surface area contributed by atoms with Gasteiger partial charge in [0.15, 0.2) is 15.7 Å². The highest BCUT2D eigenvalue weighted by Gasteiger charge is 2.28. The molecule has 2 aromatic rings. The molecule has 1 aromatic carbocycles. The normalized spacial score (nSPS) is 15.6. The van der Waals surface area contributed by atoms with Crippen molar-refractivity contribution in [2.45, 2.75) is 37.0 Å². The minimum atomic E-state index is -3.37. The molecule has 1 aliphatic heterocycles. The number of rotatable bonds is 4. The summed E-state index contributed by atoms with van der Waals surface area (Å²) in [6.45, 7) is 1.31. The molecule has 9 heteroatoms. The Morgan fingerprint density at radius 2 is 1.70 bits per heavy atom. The zero-order valence-corrected chi connectivity index (χ0v) is 15.7. The molecule has 27 heavy (non-hydrogen) atoms. The summed E-state index contributed by atoms with van der Waals surface area (Å²) in [4.78, 5) is 2.05. The molecule has 0 spiro atoms. The van der Waals surface area contributed by atoms with Gasteiger partial charge in [-0.05, 0) is 37.1 Å². The molecule has 144 valence electrons. The first kappa shape index (κ1) is 19.3. The van der Waals surface area contributed by atoms with Gasteiger partial charge in [-0.1, -0.05) is 12.8 Å². The third-order valence-electron chi connectivity index (χ3n) is 4.62. The van der Waals surface area contributed by atoms with E-state index >= 15 is 0 Å². The molecular formula is C18H20F2N4O2S. The first-order chi connectivity index (χ1) is 12.8. The number of hydrogen-bond donors (Lipinski definition) is 0. The molecular weight excluding hydrogens is 374 g/mol. The molecule has 1 fully saturated rings. The minimum absolute atomic E-state index is 0.126. The maximum Gasteiger partial charge on any atom is 0.283 e. The van der Waals surface area contributed by atoms with E-state index in [1.807, 2.05) is 11.0 Å². The average Bonchev–Trinajstić information content (AvgIpc) is 2.81. The molecule has 6 nitrogen and oxygen atoms in total. The van der Waals surface area contributed by atoms with E-state index in [0.717, 1.165) is 31.9 Å². The van der Waals surface area contributed by atoms with Crippen molar-refractivity contribution >= 4 is 15.7 Å². The molecule has 0 N–H and O–H groups in total. The van der Waals surface area contributed by atoms with E-state index in [0.29, 0.717) is 24.6 Å². The number of nitriles is 1. The standard InChI is InChI=1S/C18H20F2N4O2S/c1-27(25,26)14-8-6-13(7-9-14)24-18(23-10-4-2-3-5-11-23)15(12-21)16(22-24)17(19)20/h6-9,17H,2-5,10-11H2,1H3. The quantitative estimate of drug-likeness (QED) is 0.793. The van der Waals surface area contributed by atoms with Crippen molar-refractivity contribution in [3.63, 3.8) is 0 Å². The Morgan fingerprint density at radius 3 is 2.19 bits per heavy atom. The molecule has 0 aliphatic carbocycles. The second-order valence-corrected chi connectivity index (χ2v) is 8.59. The maximum atomic E-state index is 13.5. The molecule has 1 aliphatic rings. The number of benzene rings is 1. The number of alkyl halides is 2. The van der Waals surface area contributed by atoms with Gasteiger partial charge >= 0.3 is 0 Å². The molecule has 0 radical (unpaired) electrons. The fourth-order valence-electron chi connectivity index (χ4n) is 3.27. The monoisotopic (exact) mass is 394 g/mol. The third-order valence-corrected chi connectivity index (χ3v) is 5.75. The Bertz CT molecular complexity index is 954. The summed E-state index contributed by atoms with van der Waals surface area (Å²) in [5, 5.41) is 13.5. The molecule has 1 saturated heterocycles.